The predicted octanol–water partition coefficient (Wildman–Crippen LogP) is 2.22. The Morgan fingerprint density at radius 3 is 2.77 bits per heavy atom. The van der Waals surface area contributed by atoms with Gasteiger partial charge in [0.25, 0.3) is 0 Å². The molecule has 1 saturated heterocycles. The summed E-state index contributed by atoms with van der Waals surface area (Å²) >= 11 is 2.19. The molecule has 2 bridgehead atoms. The largest absolute Gasteiger partial charge is 0.472 e. The fourth-order valence-corrected chi connectivity index (χ4v) is 4.03. The van der Waals surface area contributed by atoms with Gasteiger partial charge in [-0.25, -0.2) is 18.0 Å². The summed E-state index contributed by atoms with van der Waals surface area (Å²) in [7, 11) is 0. The minimum atomic E-state index is -1.27. The second-order valence-corrected chi connectivity index (χ2v) is 8.09. The maximum Gasteiger partial charge on any atom is 0.352 e. The first kappa shape index (κ1) is 17.6. The van der Waals surface area contributed by atoms with Crippen molar-refractivity contribution in [2.24, 2.45) is 0 Å². The average Bonchev–Trinajstić information content (AvgIpc) is 2.58. The van der Waals surface area contributed by atoms with Gasteiger partial charge in [0.05, 0.1) is 19.7 Å². The molecule has 1 fully saturated rings. The van der Waals surface area contributed by atoms with Gasteiger partial charge < -0.3 is 14.4 Å². The molecule has 1 aromatic heterocycles. The van der Waals surface area contributed by atoms with Gasteiger partial charge in [-0.15, -0.1) is 0 Å². The molecule has 6 nitrogen and oxygen atoms in total. The van der Waals surface area contributed by atoms with E-state index in [0.717, 1.165) is 6.07 Å². The van der Waals surface area contributed by atoms with Crippen LogP contribution in [0, 0.1) is 17.5 Å². The molecule has 0 amide bonds. The summed E-state index contributed by atoms with van der Waals surface area (Å²) < 4.78 is 52.1. The molecule has 1 atom stereocenters. The Kier molecular flexibility index (Phi) is 4.34. The van der Waals surface area contributed by atoms with Gasteiger partial charge in [-0.2, -0.15) is 4.98 Å². The van der Waals surface area contributed by atoms with Crippen LogP contribution in [0.4, 0.5) is 19.0 Å². The van der Waals surface area contributed by atoms with Gasteiger partial charge in [0.15, 0.2) is 15.2 Å². The monoisotopic (exact) mass is 479 g/mol. The van der Waals surface area contributed by atoms with Gasteiger partial charge in [-0.3, -0.25) is 4.57 Å². The van der Waals surface area contributed by atoms with Crippen LogP contribution in [-0.2, 0) is 17.9 Å². The number of hydrogen-bond donors (Lipinski definition) is 0. The SMILES string of the molecule is O=c1nc(OCc2cc(F)c(F)cc2F)cc2n1C[C@]1(I)CN2CCO1. The number of aromatic nitrogens is 2. The lowest BCUT2D eigenvalue weighted by Gasteiger charge is -2.45. The molecule has 138 valence electrons. The molecule has 10 heteroatoms. The lowest BCUT2D eigenvalue weighted by Crippen LogP contribution is -2.57. The van der Waals surface area contributed by atoms with Crippen molar-refractivity contribution in [3.05, 3.63) is 51.7 Å². The number of rotatable bonds is 3. The first-order valence-corrected chi connectivity index (χ1v) is 8.88. The Morgan fingerprint density at radius 1 is 1.19 bits per heavy atom. The molecule has 4 rings (SSSR count). The maximum atomic E-state index is 13.7. The Morgan fingerprint density at radius 2 is 1.96 bits per heavy atom. The van der Waals surface area contributed by atoms with E-state index in [9.17, 15) is 18.0 Å². The van der Waals surface area contributed by atoms with Crippen LogP contribution in [0.5, 0.6) is 5.88 Å². The summed E-state index contributed by atoms with van der Waals surface area (Å²) in [5.74, 6) is -2.73. The van der Waals surface area contributed by atoms with E-state index in [1.54, 1.807) is 6.07 Å². The van der Waals surface area contributed by atoms with Crippen LogP contribution in [0.25, 0.3) is 0 Å². The number of anilines is 1. The van der Waals surface area contributed by atoms with Gasteiger partial charge in [0.2, 0.25) is 5.88 Å². The number of morpholine rings is 1. The van der Waals surface area contributed by atoms with Gasteiger partial charge in [-0.1, -0.05) is 0 Å². The molecular formula is C16H13F3IN3O3. The third-order valence-electron chi connectivity index (χ3n) is 4.30. The molecule has 0 saturated carbocycles. The van der Waals surface area contributed by atoms with Crippen molar-refractivity contribution in [3.8, 4) is 5.88 Å². The summed E-state index contributed by atoms with van der Waals surface area (Å²) in [4.78, 5) is 18.2. The fourth-order valence-electron chi connectivity index (χ4n) is 3.06. The van der Waals surface area contributed by atoms with Crippen LogP contribution in [0.15, 0.2) is 23.0 Å². The summed E-state index contributed by atoms with van der Waals surface area (Å²) in [5, 5.41) is 0. The van der Waals surface area contributed by atoms with Crippen molar-refractivity contribution in [3.63, 3.8) is 0 Å². The molecule has 0 N–H and O–H groups in total. The van der Waals surface area contributed by atoms with Crippen LogP contribution in [0.2, 0.25) is 0 Å². The molecule has 2 aliphatic heterocycles. The minimum absolute atomic E-state index is 0.00201. The van der Waals surface area contributed by atoms with E-state index in [2.05, 4.69) is 27.6 Å². The summed E-state index contributed by atoms with van der Waals surface area (Å²) in [6, 6.07) is 2.76. The van der Waals surface area contributed by atoms with Crippen LogP contribution < -0.4 is 15.3 Å². The zero-order chi connectivity index (χ0) is 18.5. The second kappa shape index (κ2) is 6.41. The summed E-state index contributed by atoms with van der Waals surface area (Å²) in [6.07, 6.45) is 0. The molecule has 26 heavy (non-hydrogen) atoms. The van der Waals surface area contributed by atoms with E-state index in [-0.39, 0.29) is 18.1 Å². The van der Waals surface area contributed by atoms with Crippen LogP contribution in [0.1, 0.15) is 5.56 Å². The van der Waals surface area contributed by atoms with Gasteiger partial charge in [0.1, 0.15) is 18.2 Å². The quantitative estimate of drug-likeness (QED) is 0.384. The summed E-state index contributed by atoms with van der Waals surface area (Å²) in [6.45, 7) is 1.76. The van der Waals surface area contributed by atoms with Gasteiger partial charge >= 0.3 is 5.69 Å². The van der Waals surface area contributed by atoms with Crippen LogP contribution in [-0.4, -0.2) is 32.9 Å². The number of hydrogen-bond acceptors (Lipinski definition) is 5. The molecule has 2 aromatic rings. The van der Waals surface area contributed by atoms with E-state index in [4.69, 9.17) is 9.47 Å². The Hall–Kier alpha value is -1.82. The fraction of sp³-hybridized carbons (Fsp3) is 0.375. The molecular weight excluding hydrogens is 466 g/mol. The van der Waals surface area contributed by atoms with Crippen molar-refractivity contribution >= 4 is 28.4 Å². The normalized spacial score (nSPS) is 21.5. The van der Waals surface area contributed by atoms with Crippen LogP contribution in [0.3, 0.4) is 0 Å². The highest BCUT2D eigenvalue weighted by Crippen LogP contribution is 2.35. The predicted molar refractivity (Wildman–Crippen MR) is 94.1 cm³/mol. The minimum Gasteiger partial charge on any atom is -0.472 e. The summed E-state index contributed by atoms with van der Waals surface area (Å²) in [5.41, 5.74) is -0.680. The molecule has 0 unspecified atom stereocenters. The van der Waals surface area contributed by atoms with Gasteiger partial charge in [-0.05, 0) is 28.7 Å². The van der Waals surface area contributed by atoms with Crippen molar-refractivity contribution < 1.29 is 22.6 Å². The zero-order valence-corrected chi connectivity index (χ0v) is 15.5. The molecule has 0 spiro atoms. The topological polar surface area (TPSA) is 56.6 Å². The molecule has 0 aliphatic carbocycles. The molecule has 2 aliphatic rings. The van der Waals surface area contributed by atoms with E-state index in [1.165, 1.54) is 4.57 Å². The zero-order valence-electron chi connectivity index (χ0n) is 13.3. The van der Waals surface area contributed by atoms with Crippen molar-refractivity contribution in [2.45, 2.75) is 16.8 Å². The third kappa shape index (κ3) is 3.15. The number of nitrogens with zero attached hydrogens (tertiary/aromatic N) is 3. The molecule has 0 radical (unpaired) electrons. The highest BCUT2D eigenvalue weighted by Gasteiger charge is 2.40. The second-order valence-electron chi connectivity index (χ2n) is 6.12. The van der Waals surface area contributed by atoms with Crippen LogP contribution >= 0.6 is 22.6 Å². The lowest BCUT2D eigenvalue weighted by atomic mass is 10.2. The number of benzene rings is 1. The lowest BCUT2D eigenvalue weighted by molar-refractivity contribution is 0.00606. The maximum absolute atomic E-state index is 13.7. The molecule has 3 heterocycles. The van der Waals surface area contributed by atoms with E-state index >= 15 is 0 Å². The van der Waals surface area contributed by atoms with Crippen molar-refractivity contribution in [1.82, 2.24) is 9.55 Å². The van der Waals surface area contributed by atoms with Gasteiger partial charge in [0, 0.05) is 24.2 Å². The standard InChI is InChI=1S/C16H13F3IN3O3/c17-10-4-12(19)11(18)3-9(10)6-25-13-5-14-22-1-2-26-16(20,7-22)8-23(14)15(24)21-13/h3-5H,1-2,6-8H2/t16-/m0/s1. The Bertz CT molecular complexity index is 939. The van der Waals surface area contributed by atoms with E-state index in [1.807, 2.05) is 4.90 Å². The number of fused-ring (bicyclic) bond motifs is 4. The number of halogens is 4. The van der Waals surface area contributed by atoms with E-state index in [0.29, 0.717) is 38.1 Å². The first-order chi connectivity index (χ1) is 12.3. The average molecular weight is 479 g/mol. The smallest absolute Gasteiger partial charge is 0.352 e. The number of ether oxygens (including phenoxy) is 2. The Balaban J connectivity index is 1.61. The van der Waals surface area contributed by atoms with Crippen molar-refractivity contribution in [2.75, 3.05) is 24.6 Å². The third-order valence-corrected chi connectivity index (χ3v) is 5.29. The van der Waals surface area contributed by atoms with Crippen molar-refractivity contribution in [1.29, 1.82) is 0 Å². The highest BCUT2D eigenvalue weighted by molar-refractivity contribution is 14.1. The highest BCUT2D eigenvalue weighted by atomic mass is 127. The molecule has 1 aromatic carbocycles. The van der Waals surface area contributed by atoms with E-state index < -0.39 is 26.7 Å². The first-order valence-electron chi connectivity index (χ1n) is 7.81. The number of alkyl halides is 1. The Labute approximate surface area is 159 Å².